The lowest BCUT2D eigenvalue weighted by Gasteiger charge is -2.28. The molecule has 1 aliphatic carbocycles. The summed E-state index contributed by atoms with van der Waals surface area (Å²) in [6, 6.07) is 0.269. The highest BCUT2D eigenvalue weighted by molar-refractivity contribution is 7.21. The number of anilines is 1. The van der Waals surface area contributed by atoms with Crippen LogP contribution in [0.25, 0.3) is 10.3 Å². The van der Waals surface area contributed by atoms with Crippen molar-refractivity contribution in [2.45, 2.75) is 45.1 Å². The Morgan fingerprint density at radius 2 is 2.05 bits per heavy atom. The maximum absolute atomic E-state index is 12.4. The maximum Gasteiger partial charge on any atom is 0.263 e. The molecule has 2 aromatic heterocycles. The molecule has 3 N–H and O–H groups in total. The first-order valence-electron chi connectivity index (χ1n) is 7.49. The molecule has 1 fully saturated rings. The van der Waals surface area contributed by atoms with Gasteiger partial charge in [0.1, 0.15) is 15.2 Å². The second kappa shape index (κ2) is 5.97. The number of nitrogen functional groups attached to an aromatic ring is 1. The van der Waals surface area contributed by atoms with Gasteiger partial charge in [0.05, 0.1) is 5.69 Å². The fourth-order valence-electron chi connectivity index (χ4n) is 2.98. The lowest BCUT2D eigenvalue weighted by atomic mass is 9.84. The van der Waals surface area contributed by atoms with E-state index in [0.717, 1.165) is 23.6 Å². The summed E-state index contributed by atoms with van der Waals surface area (Å²) in [6.45, 7) is 2.24. The van der Waals surface area contributed by atoms with Crippen molar-refractivity contribution in [2.75, 3.05) is 5.73 Å². The number of amides is 1. The Balaban J connectivity index is 1.71. The molecule has 1 aliphatic rings. The van der Waals surface area contributed by atoms with Crippen LogP contribution in [0.1, 0.15) is 48.7 Å². The van der Waals surface area contributed by atoms with E-state index in [1.807, 2.05) is 0 Å². The summed E-state index contributed by atoms with van der Waals surface area (Å²) >= 11 is 1.31. The first kappa shape index (κ1) is 14.3. The second-order valence-electron chi connectivity index (χ2n) is 5.65. The Morgan fingerprint density at radius 1 is 1.33 bits per heavy atom. The van der Waals surface area contributed by atoms with Gasteiger partial charge in [0.15, 0.2) is 0 Å². The number of carbonyl (C=O) groups is 1. The Bertz CT molecular complexity index is 646. The number of carbonyl (C=O) groups excluding carboxylic acids is 1. The number of aromatic nitrogens is 2. The van der Waals surface area contributed by atoms with Gasteiger partial charge < -0.3 is 11.1 Å². The van der Waals surface area contributed by atoms with E-state index in [0.29, 0.717) is 16.1 Å². The molecule has 112 valence electrons. The van der Waals surface area contributed by atoms with Gasteiger partial charge in [0, 0.05) is 18.4 Å². The highest BCUT2D eigenvalue weighted by atomic mass is 32.1. The highest BCUT2D eigenvalue weighted by Crippen LogP contribution is 2.31. The molecule has 0 saturated heterocycles. The molecule has 3 rings (SSSR count). The van der Waals surface area contributed by atoms with Crippen molar-refractivity contribution in [3.63, 3.8) is 0 Å². The van der Waals surface area contributed by atoms with Gasteiger partial charge in [-0.15, -0.1) is 11.3 Å². The molecule has 5 nitrogen and oxygen atoms in total. The van der Waals surface area contributed by atoms with Crippen LogP contribution < -0.4 is 11.1 Å². The van der Waals surface area contributed by atoms with E-state index < -0.39 is 0 Å². The van der Waals surface area contributed by atoms with Gasteiger partial charge in [-0.1, -0.05) is 13.3 Å². The van der Waals surface area contributed by atoms with Gasteiger partial charge >= 0.3 is 0 Å². The van der Waals surface area contributed by atoms with Crippen molar-refractivity contribution in [1.82, 2.24) is 15.3 Å². The summed E-state index contributed by atoms with van der Waals surface area (Å²) in [5, 5.41) is 3.12. The van der Waals surface area contributed by atoms with E-state index in [-0.39, 0.29) is 11.9 Å². The summed E-state index contributed by atoms with van der Waals surface area (Å²) in [5.74, 6) is 0.734. The average molecular weight is 304 g/mol. The molecule has 2 heterocycles. The smallest absolute Gasteiger partial charge is 0.263 e. The minimum atomic E-state index is -0.0859. The quantitative estimate of drug-likeness (QED) is 0.913. The Morgan fingerprint density at radius 3 is 2.71 bits per heavy atom. The maximum atomic E-state index is 12.4. The first-order valence-corrected chi connectivity index (χ1v) is 8.30. The minimum absolute atomic E-state index is 0.0859. The fourth-order valence-corrected chi connectivity index (χ4v) is 3.90. The van der Waals surface area contributed by atoms with Crippen LogP contribution in [0.3, 0.4) is 0 Å². The highest BCUT2D eigenvalue weighted by Gasteiger charge is 2.24. The van der Waals surface area contributed by atoms with Gasteiger partial charge in [0.25, 0.3) is 5.91 Å². The van der Waals surface area contributed by atoms with Crippen molar-refractivity contribution in [2.24, 2.45) is 5.92 Å². The van der Waals surface area contributed by atoms with Crippen molar-refractivity contribution in [3.8, 4) is 0 Å². The predicted molar refractivity (Wildman–Crippen MR) is 85.3 cm³/mol. The number of rotatable bonds is 3. The van der Waals surface area contributed by atoms with Gasteiger partial charge in [-0.2, -0.15) is 0 Å². The summed E-state index contributed by atoms with van der Waals surface area (Å²) in [5.41, 5.74) is 7.11. The van der Waals surface area contributed by atoms with Crippen LogP contribution >= 0.6 is 11.3 Å². The summed E-state index contributed by atoms with van der Waals surface area (Å²) in [7, 11) is 0. The molecular formula is C15H20N4OS. The normalized spacial score (nSPS) is 22.3. The van der Waals surface area contributed by atoms with Gasteiger partial charge in [-0.05, 0) is 31.6 Å². The molecule has 0 spiro atoms. The molecular weight excluding hydrogens is 284 g/mol. The molecule has 0 aliphatic heterocycles. The first-order chi connectivity index (χ1) is 10.2. The number of nitrogens with two attached hydrogens (primary N) is 1. The molecule has 2 aromatic rings. The predicted octanol–water partition coefficient (Wildman–Crippen LogP) is 2.97. The Labute approximate surface area is 128 Å². The molecule has 21 heavy (non-hydrogen) atoms. The van der Waals surface area contributed by atoms with Crippen LogP contribution in [-0.4, -0.2) is 21.9 Å². The zero-order chi connectivity index (χ0) is 14.8. The molecule has 0 aromatic carbocycles. The van der Waals surface area contributed by atoms with E-state index in [9.17, 15) is 4.79 Å². The van der Waals surface area contributed by atoms with E-state index in [1.54, 1.807) is 12.4 Å². The summed E-state index contributed by atoms with van der Waals surface area (Å²) in [4.78, 5) is 22.1. The Hall–Kier alpha value is -1.69. The van der Waals surface area contributed by atoms with Gasteiger partial charge in [-0.3, -0.25) is 4.79 Å². The lowest BCUT2D eigenvalue weighted by Crippen LogP contribution is -2.37. The zero-order valence-corrected chi connectivity index (χ0v) is 12.9. The van der Waals surface area contributed by atoms with Crippen LogP contribution in [0, 0.1) is 5.92 Å². The Kier molecular flexibility index (Phi) is 4.05. The number of thiophene rings is 1. The summed E-state index contributed by atoms with van der Waals surface area (Å²) in [6.07, 6.45) is 8.97. The SMILES string of the molecule is CCC1CCC(NC(=O)c2sc3nccnc3c2N)CC1. The molecule has 0 bridgehead atoms. The largest absolute Gasteiger partial charge is 0.396 e. The standard InChI is InChI=1S/C15H20N4OS/c1-2-9-3-5-10(6-4-9)19-14(20)13-11(16)12-15(21-13)18-8-7-17-12/h7-10H,2-6,16H2,1H3,(H,19,20). The van der Waals surface area contributed by atoms with E-state index >= 15 is 0 Å². The molecule has 0 unspecified atom stereocenters. The van der Waals surface area contributed by atoms with E-state index in [1.165, 1.54) is 30.6 Å². The van der Waals surface area contributed by atoms with Crippen molar-refractivity contribution in [1.29, 1.82) is 0 Å². The third kappa shape index (κ3) is 2.85. The number of nitrogens with one attached hydrogen (secondary N) is 1. The van der Waals surface area contributed by atoms with Gasteiger partial charge in [-0.25, -0.2) is 9.97 Å². The van der Waals surface area contributed by atoms with Crippen molar-refractivity contribution in [3.05, 3.63) is 17.3 Å². The third-order valence-electron chi connectivity index (χ3n) is 4.33. The number of hydrogen-bond donors (Lipinski definition) is 2. The monoisotopic (exact) mass is 304 g/mol. The van der Waals surface area contributed by atoms with Crippen LogP contribution in [0.5, 0.6) is 0 Å². The lowest BCUT2D eigenvalue weighted by molar-refractivity contribution is 0.0926. The van der Waals surface area contributed by atoms with Crippen LogP contribution in [-0.2, 0) is 0 Å². The van der Waals surface area contributed by atoms with E-state index in [2.05, 4.69) is 22.2 Å². The molecule has 0 radical (unpaired) electrons. The van der Waals surface area contributed by atoms with Crippen molar-refractivity contribution < 1.29 is 4.79 Å². The topological polar surface area (TPSA) is 80.9 Å². The number of nitrogens with zero attached hydrogens (tertiary/aromatic N) is 2. The van der Waals surface area contributed by atoms with Crippen LogP contribution in [0.2, 0.25) is 0 Å². The molecule has 0 atom stereocenters. The third-order valence-corrected chi connectivity index (χ3v) is 5.43. The second-order valence-corrected chi connectivity index (χ2v) is 6.65. The average Bonchev–Trinajstić information content (AvgIpc) is 2.86. The fraction of sp³-hybridized carbons (Fsp3) is 0.533. The van der Waals surface area contributed by atoms with Crippen LogP contribution in [0.4, 0.5) is 5.69 Å². The number of hydrogen-bond acceptors (Lipinski definition) is 5. The van der Waals surface area contributed by atoms with E-state index in [4.69, 9.17) is 5.73 Å². The van der Waals surface area contributed by atoms with Gasteiger partial charge in [0.2, 0.25) is 0 Å². The minimum Gasteiger partial charge on any atom is -0.396 e. The summed E-state index contributed by atoms with van der Waals surface area (Å²) < 4.78 is 0. The number of fused-ring (bicyclic) bond motifs is 1. The molecule has 1 amide bonds. The van der Waals surface area contributed by atoms with Crippen molar-refractivity contribution >= 4 is 33.3 Å². The molecule has 6 heteroatoms. The van der Waals surface area contributed by atoms with Crippen LogP contribution in [0.15, 0.2) is 12.4 Å². The zero-order valence-electron chi connectivity index (χ0n) is 12.1. The molecule has 1 saturated carbocycles.